The average molecular weight is 406 g/mol. The number of aryl methyl sites for hydroxylation is 1. The lowest BCUT2D eigenvalue weighted by Gasteiger charge is -2.14. The van der Waals surface area contributed by atoms with Gasteiger partial charge in [0.05, 0.1) is 22.8 Å². The summed E-state index contributed by atoms with van der Waals surface area (Å²) in [7, 11) is 0. The Morgan fingerprint density at radius 1 is 1.10 bits per heavy atom. The Bertz CT molecular complexity index is 1250. The number of nitrogens with zero attached hydrogens (tertiary/aromatic N) is 3. The van der Waals surface area contributed by atoms with E-state index in [1.807, 2.05) is 12.1 Å². The number of nitrogens with one attached hydrogen (secondary N) is 1. The number of hydrogen-bond acceptors (Lipinski definition) is 4. The predicted octanol–water partition coefficient (Wildman–Crippen LogP) is 3.71. The number of hydrogen-bond donors (Lipinski definition) is 2. The summed E-state index contributed by atoms with van der Waals surface area (Å²) >= 11 is 0. The van der Waals surface area contributed by atoms with Gasteiger partial charge < -0.3 is 5.11 Å². The van der Waals surface area contributed by atoms with Gasteiger partial charge in [-0.15, -0.1) is 0 Å². The molecule has 152 valence electrons. The van der Waals surface area contributed by atoms with Crippen molar-refractivity contribution in [3.8, 4) is 16.8 Å². The summed E-state index contributed by atoms with van der Waals surface area (Å²) in [4.78, 5) is 28.8. The Labute approximate surface area is 170 Å². The smallest absolute Gasteiger partial charge is 0.303 e. The van der Waals surface area contributed by atoms with E-state index in [1.54, 1.807) is 18.5 Å². The highest BCUT2D eigenvalue weighted by atomic mass is 19.1. The van der Waals surface area contributed by atoms with Crippen LogP contribution in [0.15, 0.2) is 59.7 Å². The number of carboxylic acid groups (broad SMARTS) is 1. The highest BCUT2D eigenvalue weighted by Gasteiger charge is 2.14. The van der Waals surface area contributed by atoms with Gasteiger partial charge in [-0.25, -0.2) is 9.37 Å². The molecule has 2 aromatic carbocycles. The molecular formula is C22H19FN4O3. The minimum Gasteiger partial charge on any atom is -0.481 e. The fourth-order valence-corrected chi connectivity index (χ4v) is 3.40. The number of benzene rings is 2. The molecule has 2 aromatic heterocycles. The number of unbranched alkanes of at least 4 members (excludes halogenated alkanes) is 1. The van der Waals surface area contributed by atoms with Crippen LogP contribution in [0.4, 0.5) is 4.39 Å². The molecule has 0 aliphatic rings. The van der Waals surface area contributed by atoms with Gasteiger partial charge in [-0.3, -0.25) is 19.3 Å². The van der Waals surface area contributed by atoms with Gasteiger partial charge >= 0.3 is 5.97 Å². The molecule has 0 atom stereocenters. The largest absolute Gasteiger partial charge is 0.481 e. The van der Waals surface area contributed by atoms with E-state index < -0.39 is 11.8 Å². The fraction of sp³-hybridized carbons (Fsp3) is 0.182. The number of carboxylic acids is 1. The maximum Gasteiger partial charge on any atom is 0.303 e. The standard InChI is InChI=1S/C22H19FN4O3/c23-16-6-8-17(9-7-16)27-20(3-1-2-4-21(28)29)26-19-11-14(15-12-24-25-13-15)5-10-18(19)22(27)30/h5-13H,1-4H2,(H,24,25)(H,28,29). The number of aromatic nitrogens is 4. The van der Waals surface area contributed by atoms with Gasteiger partial charge in [0.1, 0.15) is 11.6 Å². The summed E-state index contributed by atoms with van der Waals surface area (Å²) in [5.41, 5.74) is 2.57. The molecule has 0 saturated heterocycles. The lowest BCUT2D eigenvalue weighted by molar-refractivity contribution is -0.137. The molecule has 0 unspecified atom stereocenters. The summed E-state index contributed by atoms with van der Waals surface area (Å²) < 4.78 is 14.9. The first-order chi connectivity index (χ1) is 14.5. The molecule has 0 bridgehead atoms. The molecule has 0 amide bonds. The van der Waals surface area contributed by atoms with Crippen LogP contribution in [-0.2, 0) is 11.2 Å². The zero-order valence-electron chi connectivity index (χ0n) is 16.0. The predicted molar refractivity (Wildman–Crippen MR) is 110 cm³/mol. The van der Waals surface area contributed by atoms with Crippen LogP contribution in [-0.4, -0.2) is 30.8 Å². The number of H-pyrrole nitrogens is 1. The molecule has 30 heavy (non-hydrogen) atoms. The first-order valence-electron chi connectivity index (χ1n) is 9.55. The van der Waals surface area contributed by atoms with E-state index in [0.717, 1.165) is 11.1 Å². The number of fused-ring (bicyclic) bond motifs is 1. The van der Waals surface area contributed by atoms with Gasteiger partial charge in [0.15, 0.2) is 0 Å². The summed E-state index contributed by atoms with van der Waals surface area (Å²) in [5.74, 6) is -0.746. The third-order valence-corrected chi connectivity index (χ3v) is 4.90. The Morgan fingerprint density at radius 2 is 1.90 bits per heavy atom. The van der Waals surface area contributed by atoms with Gasteiger partial charge in [0.2, 0.25) is 0 Å². The quantitative estimate of drug-likeness (QED) is 0.456. The maximum atomic E-state index is 13.4. The molecule has 4 aromatic rings. The first-order valence-corrected chi connectivity index (χ1v) is 9.55. The number of rotatable bonds is 7. The van der Waals surface area contributed by atoms with Crippen molar-refractivity contribution in [3.05, 3.63) is 76.9 Å². The monoisotopic (exact) mass is 406 g/mol. The van der Waals surface area contributed by atoms with Crippen molar-refractivity contribution in [1.29, 1.82) is 0 Å². The number of aromatic amines is 1. The molecule has 0 saturated carbocycles. The van der Waals surface area contributed by atoms with E-state index in [-0.39, 0.29) is 12.0 Å². The van der Waals surface area contributed by atoms with Crippen LogP contribution >= 0.6 is 0 Å². The summed E-state index contributed by atoms with van der Waals surface area (Å²) in [6.45, 7) is 0. The van der Waals surface area contributed by atoms with Crippen LogP contribution in [0.25, 0.3) is 27.7 Å². The topological polar surface area (TPSA) is 101 Å². The van der Waals surface area contributed by atoms with Gasteiger partial charge in [-0.1, -0.05) is 6.07 Å². The highest BCUT2D eigenvalue weighted by molar-refractivity contribution is 5.83. The molecule has 0 aliphatic carbocycles. The number of halogens is 1. The lowest BCUT2D eigenvalue weighted by Crippen LogP contribution is -2.24. The van der Waals surface area contributed by atoms with Crippen molar-refractivity contribution in [1.82, 2.24) is 19.7 Å². The van der Waals surface area contributed by atoms with Crippen LogP contribution in [0.5, 0.6) is 0 Å². The third kappa shape index (κ3) is 3.98. The van der Waals surface area contributed by atoms with Crippen LogP contribution in [0, 0.1) is 5.82 Å². The first kappa shape index (κ1) is 19.5. The van der Waals surface area contributed by atoms with Crippen LogP contribution in [0.1, 0.15) is 25.1 Å². The van der Waals surface area contributed by atoms with Crippen molar-refractivity contribution in [2.45, 2.75) is 25.7 Å². The van der Waals surface area contributed by atoms with E-state index in [9.17, 15) is 14.0 Å². The van der Waals surface area contributed by atoms with Crippen LogP contribution in [0.3, 0.4) is 0 Å². The highest BCUT2D eigenvalue weighted by Crippen LogP contribution is 2.22. The van der Waals surface area contributed by atoms with E-state index in [1.165, 1.54) is 28.8 Å². The molecule has 8 heteroatoms. The lowest BCUT2D eigenvalue weighted by atomic mass is 10.1. The molecule has 0 radical (unpaired) electrons. The number of carbonyl (C=O) groups is 1. The summed E-state index contributed by atoms with van der Waals surface area (Å²) in [6, 6.07) is 11.0. The van der Waals surface area contributed by atoms with Gasteiger partial charge in [0.25, 0.3) is 5.56 Å². The second-order valence-electron chi connectivity index (χ2n) is 6.96. The number of aliphatic carboxylic acids is 1. The van der Waals surface area contributed by atoms with Gasteiger partial charge in [-0.05, 0) is 54.8 Å². The van der Waals surface area contributed by atoms with Gasteiger partial charge in [0, 0.05) is 24.6 Å². The molecule has 0 aliphatic heterocycles. The van der Waals surface area contributed by atoms with Crippen molar-refractivity contribution in [2.24, 2.45) is 0 Å². The van der Waals surface area contributed by atoms with E-state index >= 15 is 0 Å². The molecular weight excluding hydrogens is 387 g/mol. The molecule has 7 nitrogen and oxygen atoms in total. The average Bonchev–Trinajstić information content (AvgIpc) is 3.27. The van der Waals surface area contributed by atoms with Crippen LogP contribution in [0.2, 0.25) is 0 Å². The molecule has 0 spiro atoms. The van der Waals surface area contributed by atoms with E-state index in [4.69, 9.17) is 10.1 Å². The Hall–Kier alpha value is -3.81. The van der Waals surface area contributed by atoms with Crippen LogP contribution < -0.4 is 5.56 Å². The van der Waals surface area contributed by atoms with Crippen molar-refractivity contribution < 1.29 is 14.3 Å². The van der Waals surface area contributed by atoms with E-state index in [2.05, 4.69) is 10.2 Å². The van der Waals surface area contributed by atoms with Crippen molar-refractivity contribution in [2.75, 3.05) is 0 Å². The zero-order valence-corrected chi connectivity index (χ0v) is 16.0. The van der Waals surface area contributed by atoms with E-state index in [0.29, 0.717) is 41.7 Å². The second kappa shape index (κ2) is 8.28. The second-order valence-corrected chi connectivity index (χ2v) is 6.96. The summed E-state index contributed by atoms with van der Waals surface area (Å²) in [6.07, 6.45) is 4.96. The van der Waals surface area contributed by atoms with Crippen molar-refractivity contribution >= 4 is 16.9 Å². The zero-order chi connectivity index (χ0) is 21.1. The Balaban J connectivity index is 1.82. The molecule has 4 rings (SSSR count). The molecule has 2 heterocycles. The minimum absolute atomic E-state index is 0.0546. The Kier molecular flexibility index (Phi) is 5.38. The normalized spacial score (nSPS) is 11.1. The summed E-state index contributed by atoms with van der Waals surface area (Å²) in [5, 5.41) is 16.0. The molecule has 0 fully saturated rings. The fourth-order valence-electron chi connectivity index (χ4n) is 3.40. The van der Waals surface area contributed by atoms with Crippen molar-refractivity contribution in [3.63, 3.8) is 0 Å². The SMILES string of the molecule is O=C(O)CCCCc1nc2cc(-c3cn[nH]c3)ccc2c(=O)n1-c1ccc(F)cc1. The molecule has 2 N–H and O–H groups in total. The minimum atomic E-state index is -0.859. The van der Waals surface area contributed by atoms with Gasteiger partial charge in [-0.2, -0.15) is 5.10 Å². The third-order valence-electron chi connectivity index (χ3n) is 4.90. The Morgan fingerprint density at radius 3 is 2.60 bits per heavy atom. The maximum absolute atomic E-state index is 13.4.